The number of allylic oxidation sites excluding steroid dienone is 5. The summed E-state index contributed by atoms with van der Waals surface area (Å²) in [5.74, 6) is 3.24. The zero-order chi connectivity index (χ0) is 33.1. The smallest absolute Gasteiger partial charge is 0.185 e. The average molecular weight is 627 g/mol. The molecule has 2 aliphatic rings. The van der Waals surface area contributed by atoms with Crippen LogP contribution in [0.2, 0.25) is 0 Å². The Labute approximate surface area is 279 Å². The third-order valence-electron chi connectivity index (χ3n) is 9.13. The van der Waals surface area contributed by atoms with E-state index in [1.54, 1.807) is 14.2 Å². The van der Waals surface area contributed by atoms with Crippen LogP contribution >= 0.6 is 0 Å². The fourth-order valence-corrected chi connectivity index (χ4v) is 6.47. The van der Waals surface area contributed by atoms with E-state index in [-0.39, 0.29) is 5.60 Å². The summed E-state index contributed by atoms with van der Waals surface area (Å²) in [6, 6.07) is 15.8. The highest BCUT2D eigenvalue weighted by atomic mass is 16.5. The molecule has 0 bridgehead atoms. The van der Waals surface area contributed by atoms with Gasteiger partial charge < -0.3 is 24.0 Å². The Kier molecular flexibility index (Phi) is 12.9. The van der Waals surface area contributed by atoms with Crippen LogP contribution in [0.15, 0.2) is 84.3 Å². The molecule has 2 fully saturated rings. The Morgan fingerprint density at radius 3 is 2.28 bits per heavy atom. The van der Waals surface area contributed by atoms with E-state index >= 15 is 0 Å². The number of likely N-dealkylation sites (tertiary alicyclic amines) is 1. The average Bonchev–Trinajstić information content (AvgIpc) is 3.03. The molecule has 0 radical (unpaired) electrons. The van der Waals surface area contributed by atoms with E-state index in [2.05, 4.69) is 124 Å². The van der Waals surface area contributed by atoms with Gasteiger partial charge in [0, 0.05) is 36.9 Å². The molecule has 2 aromatic rings. The van der Waals surface area contributed by atoms with Crippen molar-refractivity contribution in [2.75, 3.05) is 38.8 Å². The van der Waals surface area contributed by atoms with Crippen LogP contribution in [0.1, 0.15) is 104 Å². The summed E-state index contributed by atoms with van der Waals surface area (Å²) >= 11 is 0. The molecule has 0 amide bonds. The van der Waals surface area contributed by atoms with Crippen molar-refractivity contribution in [2.45, 2.75) is 104 Å². The van der Waals surface area contributed by atoms with Crippen LogP contribution < -0.4 is 14.4 Å². The van der Waals surface area contributed by atoms with Crippen molar-refractivity contribution in [3.8, 4) is 11.5 Å². The van der Waals surface area contributed by atoms with Crippen molar-refractivity contribution in [2.24, 2.45) is 0 Å². The minimum atomic E-state index is -0.212. The first-order chi connectivity index (χ1) is 22.2. The van der Waals surface area contributed by atoms with Crippen molar-refractivity contribution < 1.29 is 14.2 Å². The summed E-state index contributed by atoms with van der Waals surface area (Å²) in [6.45, 7) is 15.7. The highest BCUT2D eigenvalue weighted by Crippen LogP contribution is 2.46. The normalized spacial score (nSPS) is 17.3. The number of hydrogen-bond donors (Lipinski definition) is 0. The van der Waals surface area contributed by atoms with Crippen molar-refractivity contribution in [1.82, 2.24) is 4.90 Å². The summed E-state index contributed by atoms with van der Waals surface area (Å²) < 4.78 is 18.0. The third kappa shape index (κ3) is 9.47. The molecule has 46 heavy (non-hydrogen) atoms. The molecule has 5 nitrogen and oxygen atoms in total. The van der Waals surface area contributed by atoms with Gasteiger partial charge in [0.25, 0.3) is 0 Å². The van der Waals surface area contributed by atoms with E-state index in [9.17, 15) is 0 Å². The molecule has 1 aliphatic heterocycles. The van der Waals surface area contributed by atoms with Gasteiger partial charge in [-0.1, -0.05) is 62.3 Å². The van der Waals surface area contributed by atoms with Gasteiger partial charge in [0.1, 0.15) is 5.60 Å². The molecule has 2 aromatic carbocycles. The maximum absolute atomic E-state index is 6.32. The maximum atomic E-state index is 6.32. The van der Waals surface area contributed by atoms with Gasteiger partial charge in [0.15, 0.2) is 17.4 Å². The zero-order valence-electron chi connectivity index (χ0n) is 29.8. The topological polar surface area (TPSA) is 34.2 Å². The fraction of sp³-hybridized carbons (Fsp3) is 0.512. The molecule has 250 valence electrons. The van der Waals surface area contributed by atoms with Crippen LogP contribution in [-0.4, -0.2) is 50.4 Å². The summed E-state index contributed by atoms with van der Waals surface area (Å²) in [5, 5.41) is 0. The SMILES string of the molecule is C/C=C(\OC(C)(C)C)N1CCC(N(CC(=C/C=C\CCC)/C=C(\C)c2cc(OC)c(OC)c(C3CCC3)c2)c2ccccc2)CC1. The number of anilines is 1. The lowest BCUT2D eigenvalue weighted by atomic mass is 9.78. The number of methoxy groups -OCH3 is 2. The van der Waals surface area contributed by atoms with Gasteiger partial charge >= 0.3 is 0 Å². The molecule has 0 spiro atoms. The Morgan fingerprint density at radius 1 is 1.00 bits per heavy atom. The number of unbranched alkanes of at least 4 members (excludes halogenated alkanes) is 1. The molecule has 0 N–H and O–H groups in total. The fourth-order valence-electron chi connectivity index (χ4n) is 6.47. The first-order valence-corrected chi connectivity index (χ1v) is 17.4. The first kappa shape index (κ1) is 35.3. The Balaban J connectivity index is 1.65. The number of nitrogens with zero attached hydrogens (tertiary/aromatic N) is 2. The van der Waals surface area contributed by atoms with Gasteiger partial charge in [-0.2, -0.15) is 0 Å². The third-order valence-corrected chi connectivity index (χ3v) is 9.13. The number of rotatable bonds is 14. The highest BCUT2D eigenvalue weighted by molar-refractivity contribution is 5.71. The lowest BCUT2D eigenvalue weighted by Gasteiger charge is -2.42. The molecule has 5 heteroatoms. The highest BCUT2D eigenvalue weighted by Gasteiger charge is 2.29. The zero-order valence-corrected chi connectivity index (χ0v) is 29.8. The molecule has 0 aromatic heterocycles. The minimum absolute atomic E-state index is 0.212. The second-order valence-corrected chi connectivity index (χ2v) is 13.7. The predicted molar refractivity (Wildman–Crippen MR) is 195 cm³/mol. The van der Waals surface area contributed by atoms with E-state index in [1.165, 1.54) is 47.2 Å². The van der Waals surface area contributed by atoms with E-state index < -0.39 is 0 Å². The Morgan fingerprint density at radius 2 is 1.72 bits per heavy atom. The molecule has 4 rings (SSSR count). The van der Waals surface area contributed by atoms with Crippen molar-refractivity contribution in [3.63, 3.8) is 0 Å². The number of ether oxygens (including phenoxy) is 3. The van der Waals surface area contributed by atoms with Crippen molar-refractivity contribution in [1.29, 1.82) is 0 Å². The molecule has 0 atom stereocenters. The predicted octanol–water partition coefficient (Wildman–Crippen LogP) is 10.3. The standard InChI is InChI=1S/C41H58N2O3/c1-9-11-12-14-18-32(27-31(3)34-28-37(33-19-17-20-33)40(45-8)38(29-34)44-7)30-43(35-21-15-13-16-22-35)36-23-25-42(26-24-36)39(10-2)46-41(4,5)6/h10,12-16,18,21-22,27-29,33,36H,9,11,17,19-20,23-26,30H2,1-8H3/b14-12-,31-27+,32-18+,39-10-. The van der Waals surface area contributed by atoms with Crippen LogP contribution in [0.5, 0.6) is 11.5 Å². The lowest BCUT2D eigenvalue weighted by Crippen LogP contribution is -2.46. The van der Waals surface area contributed by atoms with E-state index in [1.807, 2.05) is 0 Å². The number of benzene rings is 2. The summed E-state index contributed by atoms with van der Waals surface area (Å²) in [7, 11) is 3.50. The lowest BCUT2D eigenvalue weighted by molar-refractivity contribution is -0.00450. The van der Waals surface area contributed by atoms with Gasteiger partial charge in [-0.3, -0.25) is 0 Å². The largest absolute Gasteiger partial charge is 0.493 e. The summed E-state index contributed by atoms with van der Waals surface area (Å²) in [5.41, 5.74) is 6.05. The van der Waals surface area contributed by atoms with Crippen LogP contribution in [0, 0.1) is 0 Å². The van der Waals surface area contributed by atoms with Gasteiger partial charge in [-0.05, 0) is 120 Å². The second-order valence-electron chi connectivity index (χ2n) is 13.7. The van der Waals surface area contributed by atoms with Gasteiger partial charge in [-0.25, -0.2) is 0 Å². The van der Waals surface area contributed by atoms with Crippen LogP contribution in [0.25, 0.3) is 5.57 Å². The number of para-hydroxylation sites is 1. The molecule has 1 heterocycles. The monoisotopic (exact) mass is 626 g/mol. The van der Waals surface area contributed by atoms with Gasteiger partial charge in [0.2, 0.25) is 0 Å². The molecular weight excluding hydrogens is 568 g/mol. The van der Waals surface area contributed by atoms with Gasteiger partial charge in [-0.15, -0.1) is 0 Å². The van der Waals surface area contributed by atoms with Crippen LogP contribution in [-0.2, 0) is 4.74 Å². The number of hydrogen-bond acceptors (Lipinski definition) is 5. The second kappa shape index (κ2) is 16.8. The molecule has 1 saturated carbocycles. The maximum Gasteiger partial charge on any atom is 0.185 e. The molecule has 1 aliphatic carbocycles. The van der Waals surface area contributed by atoms with E-state index in [4.69, 9.17) is 14.2 Å². The van der Waals surface area contributed by atoms with Crippen LogP contribution in [0.3, 0.4) is 0 Å². The molecular formula is C41H58N2O3. The minimum Gasteiger partial charge on any atom is -0.493 e. The van der Waals surface area contributed by atoms with Crippen LogP contribution in [0.4, 0.5) is 5.69 Å². The molecule has 1 saturated heterocycles. The Bertz CT molecular complexity index is 1370. The quantitative estimate of drug-likeness (QED) is 0.154. The summed E-state index contributed by atoms with van der Waals surface area (Å²) in [6.07, 6.45) is 19.4. The molecule has 0 unspecified atom stereocenters. The van der Waals surface area contributed by atoms with Crippen molar-refractivity contribution >= 4 is 11.3 Å². The van der Waals surface area contributed by atoms with Crippen molar-refractivity contribution in [3.05, 3.63) is 95.4 Å². The number of piperidine rings is 1. The van der Waals surface area contributed by atoms with E-state index in [0.717, 1.165) is 62.7 Å². The Hall–Kier alpha value is -3.60. The summed E-state index contributed by atoms with van der Waals surface area (Å²) in [4.78, 5) is 5.03. The van der Waals surface area contributed by atoms with E-state index in [0.29, 0.717) is 12.0 Å². The first-order valence-electron chi connectivity index (χ1n) is 17.4. The van der Waals surface area contributed by atoms with Gasteiger partial charge in [0.05, 0.1) is 14.2 Å².